The number of rotatable bonds is 5. The minimum absolute atomic E-state index is 0. The molecule has 0 fully saturated rings. The van der Waals surface area contributed by atoms with Crippen molar-refractivity contribution in [3.63, 3.8) is 0 Å². The molecule has 0 aliphatic carbocycles. The Morgan fingerprint density at radius 3 is 2.39 bits per heavy atom. The number of thiazole rings is 1. The second-order valence-corrected chi connectivity index (χ2v) is 9.08. The van der Waals surface area contributed by atoms with Crippen molar-refractivity contribution in [2.24, 2.45) is 12.0 Å². The van der Waals surface area contributed by atoms with Crippen LogP contribution in [0.3, 0.4) is 0 Å². The van der Waals surface area contributed by atoms with Gasteiger partial charge in [-0.25, -0.2) is 17.7 Å². The Morgan fingerprint density at radius 2 is 1.79 bits per heavy atom. The number of hydrogen-bond donors (Lipinski definition) is 0. The number of ether oxygens (including phenoxy) is 1. The van der Waals surface area contributed by atoms with Crippen LogP contribution in [0.4, 0.5) is 5.69 Å². The molecule has 28 heavy (non-hydrogen) atoms. The lowest BCUT2D eigenvalue weighted by Crippen LogP contribution is -2.22. The highest BCUT2D eigenvalue weighted by Crippen LogP contribution is 2.24. The van der Waals surface area contributed by atoms with Gasteiger partial charge in [-0.1, -0.05) is 12.1 Å². The van der Waals surface area contributed by atoms with Gasteiger partial charge in [0.1, 0.15) is 5.75 Å². The fourth-order valence-corrected chi connectivity index (χ4v) is 4.40. The van der Waals surface area contributed by atoms with Crippen molar-refractivity contribution in [3.05, 3.63) is 58.7 Å². The molecule has 9 heteroatoms. The molecule has 0 N–H and O–H groups in total. The number of hydrogen-bond acceptors (Lipinski definition) is 5. The van der Waals surface area contributed by atoms with Gasteiger partial charge in [-0.15, -0.1) is 28.3 Å². The minimum atomic E-state index is -3.48. The van der Waals surface area contributed by atoms with Crippen molar-refractivity contribution in [2.45, 2.75) is 4.90 Å². The summed E-state index contributed by atoms with van der Waals surface area (Å²) in [7, 11) is 3.12. The smallest absolute Gasteiger partial charge is 0.242 e. The van der Waals surface area contributed by atoms with Crippen LogP contribution in [0.1, 0.15) is 0 Å². The van der Waals surface area contributed by atoms with E-state index in [0.29, 0.717) is 0 Å². The lowest BCUT2D eigenvalue weighted by atomic mass is 10.2. The summed E-state index contributed by atoms with van der Waals surface area (Å²) >= 11 is 1.50. The molecule has 6 nitrogen and oxygen atoms in total. The number of methoxy groups -OCH3 is 1. The Hall–Kier alpha value is -1.94. The monoisotopic (exact) mass is 483 g/mol. The average molecular weight is 484 g/mol. The maximum atomic E-state index is 12.4. The Labute approximate surface area is 179 Å². The lowest BCUT2D eigenvalue weighted by Gasteiger charge is -2.12. The molecule has 0 bridgehead atoms. The Bertz CT molecular complexity index is 1120. The van der Waals surface area contributed by atoms with Crippen molar-refractivity contribution in [3.8, 4) is 17.0 Å². The first-order chi connectivity index (χ1) is 12.8. The highest BCUT2D eigenvalue weighted by Gasteiger charge is 2.18. The highest BCUT2D eigenvalue weighted by atomic mass is 79.9. The minimum Gasteiger partial charge on any atom is -0.497 e. The molecule has 0 radical (unpaired) electrons. The topological polar surface area (TPSA) is 63.9 Å². The standard InChI is InChI=1S/C19H21N3O3S2.BrH/c1-21(2)27(23,24)17-7-5-6-14(12-17)18-13-26-19(22(18)3)20-15-8-10-16(25-4)11-9-15;/h5-13H,1-4H3;1H. The van der Waals surface area contributed by atoms with E-state index >= 15 is 0 Å². The third-order valence-electron chi connectivity index (χ3n) is 4.13. The van der Waals surface area contributed by atoms with Gasteiger partial charge in [0.25, 0.3) is 0 Å². The number of sulfonamides is 1. The third kappa shape index (κ3) is 4.54. The molecule has 3 aromatic rings. The van der Waals surface area contributed by atoms with E-state index in [1.165, 1.54) is 29.7 Å². The van der Waals surface area contributed by atoms with Gasteiger partial charge in [0.2, 0.25) is 10.0 Å². The molecular formula is C19H22BrN3O3S2. The van der Waals surface area contributed by atoms with Gasteiger partial charge in [-0.3, -0.25) is 0 Å². The molecule has 150 valence electrons. The Balaban J connectivity index is 0.00000280. The van der Waals surface area contributed by atoms with Crippen LogP contribution in [-0.2, 0) is 17.1 Å². The SMILES string of the molecule is Br.COc1ccc(N=c2scc(-c3cccc(S(=O)(=O)N(C)C)c3)n2C)cc1. The molecule has 0 amide bonds. The fourth-order valence-electron chi connectivity index (χ4n) is 2.53. The molecule has 3 rings (SSSR count). The molecule has 0 unspecified atom stereocenters. The van der Waals surface area contributed by atoms with Gasteiger partial charge < -0.3 is 9.30 Å². The van der Waals surface area contributed by atoms with E-state index in [2.05, 4.69) is 4.99 Å². The molecular weight excluding hydrogens is 462 g/mol. The third-order valence-corrected chi connectivity index (χ3v) is 6.86. The summed E-state index contributed by atoms with van der Waals surface area (Å²) in [6.07, 6.45) is 0. The van der Waals surface area contributed by atoms with Crippen LogP contribution < -0.4 is 9.54 Å². The molecule has 0 atom stereocenters. The summed E-state index contributed by atoms with van der Waals surface area (Å²) in [6, 6.07) is 14.5. The van der Waals surface area contributed by atoms with E-state index in [1.54, 1.807) is 25.3 Å². The molecule has 0 spiro atoms. The first-order valence-electron chi connectivity index (χ1n) is 8.19. The zero-order valence-electron chi connectivity index (χ0n) is 16.0. The zero-order valence-corrected chi connectivity index (χ0v) is 19.3. The number of aromatic nitrogens is 1. The molecule has 0 saturated heterocycles. The zero-order chi connectivity index (χ0) is 19.6. The largest absolute Gasteiger partial charge is 0.497 e. The Morgan fingerprint density at radius 1 is 1.11 bits per heavy atom. The van der Waals surface area contributed by atoms with Gasteiger partial charge in [0.05, 0.1) is 23.4 Å². The summed E-state index contributed by atoms with van der Waals surface area (Å²) < 4.78 is 33.1. The van der Waals surface area contributed by atoms with Crippen molar-refractivity contribution in [1.82, 2.24) is 8.87 Å². The van der Waals surface area contributed by atoms with Crippen molar-refractivity contribution < 1.29 is 13.2 Å². The number of nitrogens with zero attached hydrogens (tertiary/aromatic N) is 3. The molecule has 0 aliphatic rings. The maximum absolute atomic E-state index is 12.4. The molecule has 1 heterocycles. The van der Waals surface area contributed by atoms with Crippen LogP contribution in [0.25, 0.3) is 11.3 Å². The summed E-state index contributed by atoms with van der Waals surface area (Å²) in [4.78, 5) is 5.75. The van der Waals surface area contributed by atoms with E-state index in [9.17, 15) is 8.42 Å². The lowest BCUT2D eigenvalue weighted by molar-refractivity contribution is 0.415. The quantitative estimate of drug-likeness (QED) is 0.553. The van der Waals surface area contributed by atoms with E-state index in [-0.39, 0.29) is 21.9 Å². The van der Waals surface area contributed by atoms with Crippen LogP contribution in [0.5, 0.6) is 5.75 Å². The van der Waals surface area contributed by atoms with Crippen LogP contribution in [0.15, 0.2) is 63.8 Å². The molecule has 2 aromatic carbocycles. The van der Waals surface area contributed by atoms with E-state index in [0.717, 1.165) is 27.5 Å². The molecule has 0 aliphatic heterocycles. The second-order valence-electron chi connectivity index (χ2n) is 6.09. The van der Waals surface area contributed by atoms with Crippen LogP contribution >= 0.6 is 28.3 Å². The normalized spacial score (nSPS) is 12.1. The van der Waals surface area contributed by atoms with Gasteiger partial charge in [0, 0.05) is 32.1 Å². The van der Waals surface area contributed by atoms with E-state index < -0.39 is 10.0 Å². The highest BCUT2D eigenvalue weighted by molar-refractivity contribution is 8.93. The van der Waals surface area contributed by atoms with Gasteiger partial charge >= 0.3 is 0 Å². The summed E-state index contributed by atoms with van der Waals surface area (Å²) in [5.74, 6) is 0.782. The van der Waals surface area contributed by atoms with Crippen LogP contribution in [0.2, 0.25) is 0 Å². The summed E-state index contributed by atoms with van der Waals surface area (Å²) in [5, 5.41) is 1.98. The summed E-state index contributed by atoms with van der Waals surface area (Å²) in [5.41, 5.74) is 2.56. The first-order valence-corrected chi connectivity index (χ1v) is 10.5. The van der Waals surface area contributed by atoms with Crippen molar-refractivity contribution in [1.29, 1.82) is 0 Å². The average Bonchev–Trinajstić information content (AvgIpc) is 3.03. The van der Waals surface area contributed by atoms with Crippen LogP contribution in [-0.4, -0.2) is 38.5 Å². The predicted molar refractivity (Wildman–Crippen MR) is 118 cm³/mol. The summed E-state index contributed by atoms with van der Waals surface area (Å²) in [6.45, 7) is 0. The second kappa shape index (κ2) is 9.04. The van der Waals surface area contributed by atoms with E-state index in [4.69, 9.17) is 4.74 Å². The van der Waals surface area contributed by atoms with Crippen molar-refractivity contribution in [2.75, 3.05) is 21.2 Å². The molecule has 1 aromatic heterocycles. The first kappa shape index (κ1) is 22.4. The fraction of sp³-hybridized carbons (Fsp3) is 0.211. The van der Waals surface area contributed by atoms with Gasteiger partial charge in [0.15, 0.2) is 4.80 Å². The van der Waals surface area contributed by atoms with E-state index in [1.807, 2.05) is 47.3 Å². The van der Waals surface area contributed by atoms with Gasteiger partial charge in [-0.05, 0) is 36.4 Å². The maximum Gasteiger partial charge on any atom is 0.242 e. The Kier molecular flexibility index (Phi) is 7.22. The molecule has 0 saturated carbocycles. The number of halogens is 1. The number of benzene rings is 2. The predicted octanol–water partition coefficient (Wildman–Crippen LogP) is 3.82. The van der Waals surface area contributed by atoms with Crippen LogP contribution in [0, 0.1) is 0 Å². The van der Waals surface area contributed by atoms with Crippen molar-refractivity contribution >= 4 is 44.0 Å². The van der Waals surface area contributed by atoms with Gasteiger partial charge in [-0.2, -0.15) is 0 Å².